The van der Waals surface area contributed by atoms with Crippen LogP contribution in [0.15, 0.2) is 12.2 Å². The molecule has 0 aromatic rings. The van der Waals surface area contributed by atoms with Gasteiger partial charge in [0.05, 0.1) is 12.7 Å². The quantitative estimate of drug-likeness (QED) is 0.670. The maximum atomic E-state index is 10.3. The zero-order valence-corrected chi connectivity index (χ0v) is 11.9. The molecule has 0 amide bonds. The summed E-state index contributed by atoms with van der Waals surface area (Å²) in [7, 11) is 0. The predicted octanol–water partition coefficient (Wildman–Crippen LogP) is 1.20. The van der Waals surface area contributed by atoms with E-state index in [9.17, 15) is 5.11 Å². The third-order valence-electron chi connectivity index (χ3n) is 4.08. The van der Waals surface area contributed by atoms with Gasteiger partial charge in [0.2, 0.25) is 0 Å². The number of rotatable bonds is 0. The Hall–Kier alpha value is -0.460. The van der Waals surface area contributed by atoms with Crippen molar-refractivity contribution in [2.24, 2.45) is 5.92 Å². The normalized spacial score (nSPS) is 47.6. The predicted molar refractivity (Wildman–Crippen MR) is 67.4 cm³/mol. The van der Waals surface area contributed by atoms with Crippen LogP contribution in [-0.4, -0.2) is 47.7 Å². The molecule has 108 valence electrons. The number of aliphatic hydroxyl groups is 1. The van der Waals surface area contributed by atoms with Crippen LogP contribution in [0.5, 0.6) is 0 Å². The maximum Gasteiger partial charge on any atom is 0.164 e. The third-order valence-corrected chi connectivity index (χ3v) is 4.08. The highest BCUT2D eigenvalue weighted by Crippen LogP contribution is 2.45. The molecule has 3 fully saturated rings. The second-order valence-corrected chi connectivity index (χ2v) is 6.48. The molecule has 3 aliphatic rings. The van der Waals surface area contributed by atoms with Gasteiger partial charge in [-0.1, -0.05) is 6.58 Å². The number of fused-ring (bicyclic) bond motifs is 3. The van der Waals surface area contributed by atoms with E-state index in [4.69, 9.17) is 18.9 Å². The van der Waals surface area contributed by atoms with E-state index in [0.717, 1.165) is 0 Å². The molecule has 3 rings (SSSR count). The number of hydrogen-bond acceptors (Lipinski definition) is 5. The lowest BCUT2D eigenvalue weighted by molar-refractivity contribution is -0.313. The van der Waals surface area contributed by atoms with E-state index in [-0.39, 0.29) is 18.1 Å². The van der Waals surface area contributed by atoms with Crippen LogP contribution in [0.3, 0.4) is 0 Å². The first kappa shape index (κ1) is 13.5. The molecule has 19 heavy (non-hydrogen) atoms. The van der Waals surface area contributed by atoms with Gasteiger partial charge in [-0.25, -0.2) is 0 Å². The highest BCUT2D eigenvalue weighted by atomic mass is 16.8. The number of ether oxygens (including phenoxy) is 4. The highest BCUT2D eigenvalue weighted by molar-refractivity contribution is 5.21. The summed E-state index contributed by atoms with van der Waals surface area (Å²) in [4.78, 5) is 0. The summed E-state index contributed by atoms with van der Waals surface area (Å²) in [5, 5.41) is 10.3. The fourth-order valence-corrected chi connectivity index (χ4v) is 3.19. The van der Waals surface area contributed by atoms with Crippen LogP contribution in [0.4, 0.5) is 0 Å². The molecule has 2 aliphatic heterocycles. The van der Waals surface area contributed by atoms with Crippen LogP contribution in [0.25, 0.3) is 0 Å². The summed E-state index contributed by atoms with van der Waals surface area (Å²) >= 11 is 0. The van der Waals surface area contributed by atoms with Crippen molar-refractivity contribution in [3.63, 3.8) is 0 Å². The average molecular weight is 270 g/mol. The summed E-state index contributed by atoms with van der Waals surface area (Å²) in [6, 6.07) is 0. The summed E-state index contributed by atoms with van der Waals surface area (Å²) in [5.41, 5.74) is 0.711. The van der Waals surface area contributed by atoms with E-state index < -0.39 is 23.8 Å². The van der Waals surface area contributed by atoms with Gasteiger partial charge >= 0.3 is 0 Å². The summed E-state index contributed by atoms with van der Waals surface area (Å²) in [6.45, 7) is 11.9. The second kappa shape index (κ2) is 4.02. The standard InChI is InChI=1S/C14H22O5/c1-7-8-6-16-13(2,3)17-10(8)12-11(9(7)15)18-14(4,5)19-12/h8-12,15H,1,6H2,2-5H3/t8-,9-,10-,11-,12+/m1/s1. The molecule has 0 spiro atoms. The number of hydrogen-bond donors (Lipinski definition) is 1. The maximum absolute atomic E-state index is 10.3. The smallest absolute Gasteiger partial charge is 0.164 e. The zero-order chi connectivity index (χ0) is 14.0. The Balaban J connectivity index is 1.92. The molecule has 1 aliphatic carbocycles. The van der Waals surface area contributed by atoms with E-state index in [2.05, 4.69) is 6.58 Å². The van der Waals surface area contributed by atoms with Crippen molar-refractivity contribution in [2.75, 3.05) is 6.61 Å². The molecule has 0 aromatic heterocycles. The molecule has 0 unspecified atom stereocenters. The molecule has 1 N–H and O–H groups in total. The topological polar surface area (TPSA) is 57.2 Å². The van der Waals surface area contributed by atoms with Crippen LogP contribution >= 0.6 is 0 Å². The highest BCUT2D eigenvalue weighted by Gasteiger charge is 2.58. The van der Waals surface area contributed by atoms with Gasteiger partial charge in [-0.15, -0.1) is 0 Å². The van der Waals surface area contributed by atoms with Crippen molar-refractivity contribution in [1.29, 1.82) is 0 Å². The average Bonchev–Trinajstić information content (AvgIpc) is 2.61. The minimum absolute atomic E-state index is 0.0539. The molecule has 2 saturated heterocycles. The van der Waals surface area contributed by atoms with E-state index in [1.807, 2.05) is 27.7 Å². The Morgan fingerprint density at radius 2 is 1.58 bits per heavy atom. The van der Waals surface area contributed by atoms with Crippen LogP contribution in [0.2, 0.25) is 0 Å². The molecule has 0 bridgehead atoms. The van der Waals surface area contributed by atoms with Gasteiger partial charge in [-0.3, -0.25) is 0 Å². The van der Waals surface area contributed by atoms with Crippen LogP contribution < -0.4 is 0 Å². The van der Waals surface area contributed by atoms with Gasteiger partial charge in [0.1, 0.15) is 18.3 Å². The van der Waals surface area contributed by atoms with Gasteiger partial charge < -0.3 is 24.1 Å². The lowest BCUT2D eigenvalue weighted by atomic mass is 9.77. The lowest BCUT2D eigenvalue weighted by Gasteiger charge is -2.48. The van der Waals surface area contributed by atoms with Crippen LogP contribution in [-0.2, 0) is 18.9 Å². The fraction of sp³-hybridized carbons (Fsp3) is 0.857. The molecule has 5 heteroatoms. The lowest BCUT2D eigenvalue weighted by Crippen LogP contribution is -2.60. The van der Waals surface area contributed by atoms with Gasteiger partial charge in [0, 0.05) is 5.92 Å². The molecular weight excluding hydrogens is 248 g/mol. The van der Waals surface area contributed by atoms with Crippen molar-refractivity contribution in [3.05, 3.63) is 12.2 Å². The Morgan fingerprint density at radius 1 is 1.00 bits per heavy atom. The molecule has 5 nitrogen and oxygen atoms in total. The second-order valence-electron chi connectivity index (χ2n) is 6.48. The Morgan fingerprint density at radius 3 is 2.26 bits per heavy atom. The van der Waals surface area contributed by atoms with Gasteiger partial charge in [-0.2, -0.15) is 0 Å². The number of aliphatic hydroxyl groups excluding tert-OH is 1. The van der Waals surface area contributed by atoms with Crippen molar-refractivity contribution in [2.45, 2.75) is 63.7 Å². The van der Waals surface area contributed by atoms with Crippen LogP contribution in [0, 0.1) is 5.92 Å². The van der Waals surface area contributed by atoms with E-state index in [0.29, 0.717) is 12.2 Å². The first-order valence-electron chi connectivity index (χ1n) is 6.74. The van der Waals surface area contributed by atoms with Crippen molar-refractivity contribution in [1.82, 2.24) is 0 Å². The van der Waals surface area contributed by atoms with Gasteiger partial charge in [0.15, 0.2) is 11.6 Å². The van der Waals surface area contributed by atoms with Crippen molar-refractivity contribution in [3.8, 4) is 0 Å². The van der Waals surface area contributed by atoms with Gasteiger partial charge in [0.25, 0.3) is 0 Å². The third kappa shape index (κ3) is 2.14. The largest absolute Gasteiger partial charge is 0.386 e. The van der Waals surface area contributed by atoms with Crippen LogP contribution in [0.1, 0.15) is 27.7 Å². The molecule has 0 radical (unpaired) electrons. The van der Waals surface area contributed by atoms with E-state index in [1.165, 1.54) is 0 Å². The molecular formula is C14H22O5. The van der Waals surface area contributed by atoms with Gasteiger partial charge in [-0.05, 0) is 33.3 Å². The SMILES string of the molecule is C=C1[C@@H](O)[C@H]2OC(C)(C)O[C@H]2[C@@H]2OC(C)(C)OC[C@H]12. The van der Waals surface area contributed by atoms with Crippen molar-refractivity contribution >= 4 is 0 Å². The first-order valence-corrected chi connectivity index (χ1v) is 6.74. The van der Waals surface area contributed by atoms with E-state index in [1.54, 1.807) is 0 Å². The minimum Gasteiger partial charge on any atom is -0.386 e. The monoisotopic (exact) mass is 270 g/mol. The summed E-state index contributed by atoms with van der Waals surface area (Å²) in [6.07, 6.45) is -1.63. The Labute approximate surface area is 113 Å². The Kier molecular flexibility index (Phi) is 2.86. The summed E-state index contributed by atoms with van der Waals surface area (Å²) in [5.74, 6) is -1.41. The zero-order valence-electron chi connectivity index (χ0n) is 11.9. The minimum atomic E-state index is -0.735. The first-order chi connectivity index (χ1) is 8.70. The Bertz CT molecular complexity index is 403. The molecule has 0 aromatic carbocycles. The van der Waals surface area contributed by atoms with Crippen molar-refractivity contribution < 1.29 is 24.1 Å². The molecule has 1 saturated carbocycles. The molecule has 2 heterocycles. The summed E-state index contributed by atoms with van der Waals surface area (Å²) < 4.78 is 23.4. The fourth-order valence-electron chi connectivity index (χ4n) is 3.19. The molecule has 5 atom stereocenters. The van der Waals surface area contributed by atoms with E-state index >= 15 is 0 Å².